The zero-order valence-corrected chi connectivity index (χ0v) is 14.4. The van der Waals surface area contributed by atoms with Crippen LogP contribution in [0.4, 0.5) is 0 Å². The average Bonchev–Trinajstić information content (AvgIpc) is 2.36. The molecule has 0 amide bonds. The van der Waals surface area contributed by atoms with Crippen LogP contribution in [-0.4, -0.2) is 55.4 Å². The molecule has 0 radical (unpaired) electrons. The third-order valence-electron chi connectivity index (χ3n) is 3.19. The van der Waals surface area contributed by atoms with Crippen molar-refractivity contribution >= 4 is 29.9 Å². The van der Waals surface area contributed by atoms with Gasteiger partial charge in [-0.25, -0.2) is 0 Å². The Morgan fingerprint density at radius 1 is 1.37 bits per heavy atom. The highest BCUT2D eigenvalue weighted by Gasteiger charge is 2.14. The summed E-state index contributed by atoms with van der Waals surface area (Å²) < 4.78 is 5.28. The molecule has 6 heteroatoms. The lowest BCUT2D eigenvalue weighted by Crippen LogP contribution is -2.45. The van der Waals surface area contributed by atoms with Crippen LogP contribution in [0.3, 0.4) is 0 Å². The number of aliphatic hydroxyl groups excluding tert-OH is 1. The Balaban J connectivity index is 0.00000324. The molecule has 0 saturated carbocycles. The first kappa shape index (κ1) is 18.9. The summed E-state index contributed by atoms with van der Waals surface area (Å²) in [6.07, 6.45) is 1.89. The minimum atomic E-state index is 0. The van der Waals surface area contributed by atoms with Crippen molar-refractivity contribution in [3.05, 3.63) is 0 Å². The molecular formula is C13H28IN3O2. The average molecular weight is 385 g/mol. The van der Waals surface area contributed by atoms with Crippen LogP contribution in [0.2, 0.25) is 0 Å². The first-order valence-electron chi connectivity index (χ1n) is 6.87. The topological polar surface area (TPSA) is 71.1 Å². The van der Waals surface area contributed by atoms with Crippen molar-refractivity contribution in [3.63, 3.8) is 0 Å². The molecule has 1 atom stereocenters. The van der Waals surface area contributed by atoms with Crippen LogP contribution < -0.4 is 5.73 Å². The summed E-state index contributed by atoms with van der Waals surface area (Å²) >= 11 is 0. The van der Waals surface area contributed by atoms with E-state index in [1.807, 2.05) is 0 Å². The third-order valence-corrected chi connectivity index (χ3v) is 3.19. The standard InChI is InChI=1S/C13H27N3O2.HI/c1-11(2)9-12(3-6-17)10-15-13(14)16-4-7-18-8-5-16;/h11-12,17H,3-10H2,1-2H3,(H2,14,15);1H. The first-order chi connectivity index (χ1) is 8.63. The van der Waals surface area contributed by atoms with Crippen LogP contribution in [0.15, 0.2) is 4.99 Å². The fraction of sp³-hybridized carbons (Fsp3) is 0.923. The zero-order chi connectivity index (χ0) is 13.4. The second kappa shape index (κ2) is 10.7. The van der Waals surface area contributed by atoms with Crippen molar-refractivity contribution in [1.82, 2.24) is 4.90 Å². The smallest absolute Gasteiger partial charge is 0.191 e. The molecule has 19 heavy (non-hydrogen) atoms. The highest BCUT2D eigenvalue weighted by Crippen LogP contribution is 2.15. The third kappa shape index (κ3) is 7.94. The Hall–Kier alpha value is -0.0800. The van der Waals surface area contributed by atoms with Gasteiger partial charge in [-0.2, -0.15) is 0 Å². The van der Waals surface area contributed by atoms with Gasteiger partial charge in [-0.1, -0.05) is 13.8 Å². The number of hydrogen-bond acceptors (Lipinski definition) is 3. The number of ether oxygens (including phenoxy) is 1. The Bertz CT molecular complexity index is 256. The second-order valence-corrected chi connectivity index (χ2v) is 5.31. The van der Waals surface area contributed by atoms with Crippen molar-refractivity contribution < 1.29 is 9.84 Å². The predicted octanol–water partition coefficient (Wildman–Crippen LogP) is 1.30. The number of aliphatic hydroxyl groups is 1. The minimum absolute atomic E-state index is 0. The Morgan fingerprint density at radius 2 is 2.00 bits per heavy atom. The van der Waals surface area contributed by atoms with Gasteiger partial charge in [0, 0.05) is 26.2 Å². The Labute approximate surface area is 133 Å². The molecule has 1 unspecified atom stereocenters. The molecule has 1 heterocycles. The van der Waals surface area contributed by atoms with Gasteiger partial charge >= 0.3 is 0 Å². The van der Waals surface area contributed by atoms with E-state index in [9.17, 15) is 0 Å². The van der Waals surface area contributed by atoms with Gasteiger partial charge < -0.3 is 20.5 Å². The van der Waals surface area contributed by atoms with Gasteiger partial charge in [0.05, 0.1) is 13.2 Å². The molecule has 0 spiro atoms. The van der Waals surface area contributed by atoms with E-state index in [2.05, 4.69) is 23.7 Å². The van der Waals surface area contributed by atoms with Crippen molar-refractivity contribution in [2.45, 2.75) is 26.7 Å². The Morgan fingerprint density at radius 3 is 2.53 bits per heavy atom. The van der Waals surface area contributed by atoms with E-state index < -0.39 is 0 Å². The van der Waals surface area contributed by atoms with E-state index in [1.54, 1.807) is 0 Å². The summed E-state index contributed by atoms with van der Waals surface area (Å²) in [5, 5.41) is 9.06. The number of nitrogens with zero attached hydrogens (tertiary/aromatic N) is 2. The second-order valence-electron chi connectivity index (χ2n) is 5.31. The van der Waals surface area contributed by atoms with Gasteiger partial charge in [0.1, 0.15) is 0 Å². The monoisotopic (exact) mass is 385 g/mol. The SMILES string of the molecule is CC(C)CC(CCO)CN=C(N)N1CCOCC1.I. The van der Waals surface area contributed by atoms with E-state index in [0.29, 0.717) is 24.3 Å². The van der Waals surface area contributed by atoms with Gasteiger partial charge in [-0.15, -0.1) is 24.0 Å². The molecule has 1 fully saturated rings. The largest absolute Gasteiger partial charge is 0.396 e. The number of nitrogens with two attached hydrogens (primary N) is 1. The molecule has 0 aromatic rings. The number of morpholine rings is 1. The summed E-state index contributed by atoms with van der Waals surface area (Å²) in [4.78, 5) is 6.54. The molecule has 1 aliphatic rings. The lowest BCUT2D eigenvalue weighted by molar-refractivity contribution is 0.0673. The van der Waals surface area contributed by atoms with Crippen molar-refractivity contribution in [2.24, 2.45) is 22.6 Å². The number of hydrogen-bond donors (Lipinski definition) is 2. The van der Waals surface area contributed by atoms with Gasteiger partial charge in [0.2, 0.25) is 0 Å². The number of halogens is 1. The van der Waals surface area contributed by atoms with E-state index in [0.717, 1.165) is 39.1 Å². The fourth-order valence-corrected chi connectivity index (χ4v) is 2.25. The highest BCUT2D eigenvalue weighted by molar-refractivity contribution is 14.0. The Kier molecular flexibility index (Phi) is 10.6. The number of aliphatic imine (C=N–C) groups is 1. The van der Waals surface area contributed by atoms with Crippen LogP contribution in [0.25, 0.3) is 0 Å². The summed E-state index contributed by atoms with van der Waals surface area (Å²) in [6, 6.07) is 0. The van der Waals surface area contributed by atoms with Crippen molar-refractivity contribution in [3.8, 4) is 0 Å². The molecule has 5 nitrogen and oxygen atoms in total. The van der Waals surface area contributed by atoms with Crippen LogP contribution >= 0.6 is 24.0 Å². The van der Waals surface area contributed by atoms with E-state index in [-0.39, 0.29) is 30.6 Å². The molecule has 0 bridgehead atoms. The number of rotatable bonds is 6. The van der Waals surface area contributed by atoms with Crippen LogP contribution in [-0.2, 0) is 4.74 Å². The maximum absolute atomic E-state index is 9.06. The number of guanidine groups is 1. The van der Waals surface area contributed by atoms with E-state index in [1.165, 1.54) is 0 Å². The normalized spacial score (nSPS) is 18.3. The lowest BCUT2D eigenvalue weighted by Gasteiger charge is -2.28. The molecule has 1 rings (SSSR count). The lowest BCUT2D eigenvalue weighted by atomic mass is 9.94. The first-order valence-corrected chi connectivity index (χ1v) is 6.87. The molecule has 1 aliphatic heterocycles. The molecule has 0 aromatic heterocycles. The zero-order valence-electron chi connectivity index (χ0n) is 12.0. The molecule has 3 N–H and O–H groups in total. The summed E-state index contributed by atoms with van der Waals surface area (Å²) in [7, 11) is 0. The molecular weight excluding hydrogens is 357 g/mol. The van der Waals surface area contributed by atoms with Crippen molar-refractivity contribution in [1.29, 1.82) is 0 Å². The van der Waals surface area contributed by atoms with Gasteiger partial charge in [-0.05, 0) is 24.7 Å². The van der Waals surface area contributed by atoms with Gasteiger partial charge in [0.15, 0.2) is 5.96 Å². The summed E-state index contributed by atoms with van der Waals surface area (Å²) in [5.41, 5.74) is 5.98. The predicted molar refractivity (Wildman–Crippen MR) is 88.9 cm³/mol. The fourth-order valence-electron chi connectivity index (χ4n) is 2.25. The highest BCUT2D eigenvalue weighted by atomic mass is 127. The minimum Gasteiger partial charge on any atom is -0.396 e. The van der Waals surface area contributed by atoms with Crippen LogP contribution in [0, 0.1) is 11.8 Å². The summed E-state index contributed by atoms with van der Waals surface area (Å²) in [5.74, 6) is 1.67. The molecule has 1 saturated heterocycles. The van der Waals surface area contributed by atoms with Gasteiger partial charge in [0.25, 0.3) is 0 Å². The molecule has 114 valence electrons. The maximum atomic E-state index is 9.06. The van der Waals surface area contributed by atoms with Crippen LogP contribution in [0.1, 0.15) is 26.7 Å². The molecule has 0 aliphatic carbocycles. The van der Waals surface area contributed by atoms with Crippen molar-refractivity contribution in [2.75, 3.05) is 39.5 Å². The van der Waals surface area contributed by atoms with Gasteiger partial charge in [-0.3, -0.25) is 4.99 Å². The quantitative estimate of drug-likeness (QED) is 0.411. The van der Waals surface area contributed by atoms with E-state index >= 15 is 0 Å². The summed E-state index contributed by atoms with van der Waals surface area (Å²) in [6.45, 7) is 8.42. The maximum Gasteiger partial charge on any atom is 0.191 e. The molecule has 0 aromatic carbocycles. The van der Waals surface area contributed by atoms with Crippen LogP contribution in [0.5, 0.6) is 0 Å². The van der Waals surface area contributed by atoms with E-state index in [4.69, 9.17) is 15.6 Å².